The Bertz CT molecular complexity index is 796. The van der Waals surface area contributed by atoms with E-state index < -0.39 is 73.9 Å². The molecule has 0 spiro atoms. The summed E-state index contributed by atoms with van der Waals surface area (Å²) in [5, 5.41) is 0. The molecule has 1 rings (SSSR count). The zero-order valence-electron chi connectivity index (χ0n) is 15.8. The molecule has 6 nitrogen and oxygen atoms in total. The van der Waals surface area contributed by atoms with Crippen molar-refractivity contribution in [2.24, 2.45) is 0 Å². The number of rotatable bonds is 11. The van der Waals surface area contributed by atoms with Crippen molar-refractivity contribution in [2.75, 3.05) is 19.8 Å². The maximum Gasteiger partial charge on any atom is 0.460 e. The zero-order valence-corrected chi connectivity index (χ0v) is 15.8. The van der Waals surface area contributed by atoms with Crippen LogP contribution in [-0.2, 0) is 0 Å². The predicted molar refractivity (Wildman–Crippen MR) is 78.4 cm³/mol. The Morgan fingerprint density at radius 1 is 0.559 bits per heavy atom. The first-order valence-corrected chi connectivity index (χ1v) is 7.99. The number of aromatic nitrogens is 3. The van der Waals surface area contributed by atoms with Gasteiger partial charge in [0, 0.05) is 0 Å². The van der Waals surface area contributed by atoms with Crippen LogP contribution in [0.4, 0.5) is 61.5 Å². The SMILES string of the molecule is C=CCOc1nc(OCC(F)(F)C(F)(F)C(F)(F)F)nc(OCC(F)(F)C(F)(F)C(F)(F)F)n1. The number of nitrogens with zero attached hydrogens (tertiary/aromatic N) is 3. The Hall–Kier alpha value is -2.83. The molecule has 0 aliphatic heterocycles. The lowest BCUT2D eigenvalue weighted by Gasteiger charge is -2.28. The molecule has 0 amide bonds. The average Bonchev–Trinajstić information content (AvgIpc) is 2.67. The Morgan fingerprint density at radius 3 is 1.12 bits per heavy atom. The fourth-order valence-corrected chi connectivity index (χ4v) is 1.55. The lowest BCUT2D eigenvalue weighted by Crippen LogP contribution is -2.55. The van der Waals surface area contributed by atoms with Crippen LogP contribution in [-0.4, -0.2) is 70.8 Å². The molecule has 0 atom stereocenters. The molecule has 34 heavy (non-hydrogen) atoms. The van der Waals surface area contributed by atoms with Crippen LogP contribution < -0.4 is 14.2 Å². The van der Waals surface area contributed by atoms with E-state index in [4.69, 9.17) is 0 Å². The maximum absolute atomic E-state index is 13.3. The Balaban J connectivity index is 3.17. The number of halogens is 14. The van der Waals surface area contributed by atoms with Gasteiger partial charge in [-0.05, 0) is 0 Å². The highest BCUT2D eigenvalue weighted by Gasteiger charge is 2.74. The Labute approximate surface area is 178 Å². The number of ether oxygens (including phenoxy) is 3. The summed E-state index contributed by atoms with van der Waals surface area (Å²) in [5.74, 6) is -25.1. The van der Waals surface area contributed by atoms with Gasteiger partial charge in [-0.15, -0.1) is 15.0 Å². The van der Waals surface area contributed by atoms with Gasteiger partial charge in [0.15, 0.2) is 13.2 Å². The molecule has 0 aromatic carbocycles. The van der Waals surface area contributed by atoms with Crippen LogP contribution >= 0.6 is 0 Å². The van der Waals surface area contributed by atoms with Gasteiger partial charge < -0.3 is 14.2 Å². The minimum absolute atomic E-state index is 0.548. The molecule has 0 unspecified atom stereocenters. The van der Waals surface area contributed by atoms with E-state index in [2.05, 4.69) is 35.7 Å². The van der Waals surface area contributed by atoms with Crippen molar-refractivity contribution in [2.45, 2.75) is 36.0 Å². The molecule has 1 heterocycles. The molecule has 0 fully saturated rings. The van der Waals surface area contributed by atoms with Crippen LogP contribution in [0.3, 0.4) is 0 Å². The van der Waals surface area contributed by atoms with Gasteiger partial charge in [-0.25, -0.2) is 0 Å². The van der Waals surface area contributed by atoms with Crippen molar-refractivity contribution in [1.29, 1.82) is 0 Å². The maximum atomic E-state index is 13.3. The zero-order chi connectivity index (χ0) is 26.8. The molecule has 1 aromatic heterocycles. The van der Waals surface area contributed by atoms with Gasteiger partial charge in [0.2, 0.25) is 0 Å². The van der Waals surface area contributed by atoms with Crippen molar-refractivity contribution in [3.05, 3.63) is 12.7 Å². The summed E-state index contributed by atoms with van der Waals surface area (Å²) in [6.07, 6.45) is -12.5. The normalized spacial score (nSPS) is 14.1. The van der Waals surface area contributed by atoms with Crippen LogP contribution in [0.5, 0.6) is 18.0 Å². The summed E-state index contributed by atoms with van der Waals surface area (Å²) in [6, 6.07) is -4.41. The van der Waals surface area contributed by atoms with Gasteiger partial charge in [-0.3, -0.25) is 0 Å². The summed E-state index contributed by atoms with van der Waals surface area (Å²) >= 11 is 0. The highest BCUT2D eigenvalue weighted by atomic mass is 19.4. The standard InChI is InChI=1S/C14H9F14N3O3/c1-2-3-32-6-29-7(33-4-9(15,16)11(19,20)13(23,24)25)31-8(30-6)34-5-10(17,18)12(21,22)14(26,27)28/h2H,1,3-5H2. The summed E-state index contributed by atoms with van der Waals surface area (Å²) in [4.78, 5) is 8.71. The molecule has 0 N–H and O–H groups in total. The first-order valence-electron chi connectivity index (χ1n) is 7.99. The fraction of sp³-hybridized carbons (Fsp3) is 0.643. The van der Waals surface area contributed by atoms with Gasteiger partial charge >= 0.3 is 54.1 Å². The molecular weight excluding hydrogens is 524 g/mol. The third-order valence-corrected chi connectivity index (χ3v) is 3.30. The molecule has 20 heteroatoms. The highest BCUT2D eigenvalue weighted by molar-refractivity contribution is 5.10. The van der Waals surface area contributed by atoms with E-state index in [1.54, 1.807) is 0 Å². The highest BCUT2D eigenvalue weighted by Crippen LogP contribution is 2.47. The number of hydrogen-bond acceptors (Lipinski definition) is 6. The first kappa shape index (κ1) is 29.2. The van der Waals surface area contributed by atoms with Gasteiger partial charge in [-0.1, -0.05) is 12.7 Å². The van der Waals surface area contributed by atoms with Crippen LogP contribution in [0, 0.1) is 0 Å². The van der Waals surface area contributed by atoms with E-state index in [-0.39, 0.29) is 0 Å². The summed E-state index contributed by atoms with van der Waals surface area (Å²) in [7, 11) is 0. The van der Waals surface area contributed by atoms with Gasteiger partial charge in [0.05, 0.1) is 0 Å². The lowest BCUT2D eigenvalue weighted by atomic mass is 10.2. The van der Waals surface area contributed by atoms with Gasteiger partial charge in [0.1, 0.15) is 6.61 Å². The largest absolute Gasteiger partial charge is 0.460 e. The molecular formula is C14H9F14N3O3. The second kappa shape index (κ2) is 9.43. The fourth-order valence-electron chi connectivity index (χ4n) is 1.55. The monoisotopic (exact) mass is 533 g/mol. The molecule has 1 aromatic rings. The van der Waals surface area contributed by atoms with E-state index in [1.807, 2.05) is 0 Å². The quantitative estimate of drug-likeness (QED) is 0.299. The Morgan fingerprint density at radius 2 is 0.853 bits per heavy atom. The topological polar surface area (TPSA) is 66.4 Å². The van der Waals surface area contributed by atoms with Gasteiger partial charge in [0.25, 0.3) is 0 Å². The van der Waals surface area contributed by atoms with Crippen molar-refractivity contribution in [1.82, 2.24) is 15.0 Å². The van der Waals surface area contributed by atoms with Crippen molar-refractivity contribution in [3.8, 4) is 18.0 Å². The molecule has 0 radical (unpaired) electrons. The van der Waals surface area contributed by atoms with E-state index in [9.17, 15) is 61.5 Å². The smallest absolute Gasteiger partial charge is 0.459 e. The predicted octanol–water partition coefficient (Wildman–Crippen LogP) is 4.86. The van der Waals surface area contributed by atoms with E-state index in [0.717, 1.165) is 6.08 Å². The van der Waals surface area contributed by atoms with Crippen LogP contribution in [0.1, 0.15) is 0 Å². The van der Waals surface area contributed by atoms with E-state index in [0.29, 0.717) is 0 Å². The second-order valence-corrected chi connectivity index (χ2v) is 5.91. The van der Waals surface area contributed by atoms with Crippen molar-refractivity contribution >= 4 is 0 Å². The first-order chi connectivity index (χ1) is 15.1. The van der Waals surface area contributed by atoms with Crippen LogP contribution in [0.2, 0.25) is 0 Å². The molecule has 0 saturated carbocycles. The van der Waals surface area contributed by atoms with Crippen molar-refractivity contribution < 1.29 is 75.7 Å². The number of hydrogen-bond donors (Lipinski definition) is 0. The Kier molecular flexibility index (Phi) is 8.10. The summed E-state index contributed by atoms with van der Waals surface area (Å²) < 4.78 is 190. The van der Waals surface area contributed by atoms with E-state index >= 15 is 0 Å². The average molecular weight is 533 g/mol. The third kappa shape index (κ3) is 6.19. The minimum Gasteiger partial charge on any atom is -0.459 e. The second-order valence-electron chi connectivity index (χ2n) is 5.91. The van der Waals surface area contributed by atoms with Gasteiger partial charge in [-0.2, -0.15) is 61.5 Å². The summed E-state index contributed by atoms with van der Waals surface area (Å²) in [6.45, 7) is -2.97. The molecule has 0 bridgehead atoms. The summed E-state index contributed by atoms with van der Waals surface area (Å²) in [5.41, 5.74) is 0. The molecule has 0 saturated heterocycles. The van der Waals surface area contributed by atoms with E-state index in [1.165, 1.54) is 0 Å². The minimum atomic E-state index is -6.74. The molecule has 196 valence electrons. The molecule has 0 aliphatic carbocycles. The van der Waals surface area contributed by atoms with Crippen LogP contribution in [0.15, 0.2) is 12.7 Å². The molecule has 0 aliphatic rings. The van der Waals surface area contributed by atoms with Crippen molar-refractivity contribution in [3.63, 3.8) is 0 Å². The number of alkyl halides is 14. The lowest BCUT2D eigenvalue weighted by molar-refractivity contribution is -0.358. The third-order valence-electron chi connectivity index (χ3n) is 3.30. The van der Waals surface area contributed by atoms with Crippen LogP contribution in [0.25, 0.3) is 0 Å².